The Morgan fingerprint density at radius 1 is 0.679 bits per heavy atom. The van der Waals surface area contributed by atoms with Gasteiger partial charge in [0.1, 0.15) is 5.82 Å². The lowest BCUT2D eigenvalue weighted by Gasteiger charge is -2.10. The summed E-state index contributed by atoms with van der Waals surface area (Å²) in [5.41, 5.74) is 6.93. The molecule has 0 atom stereocenters. The van der Waals surface area contributed by atoms with Crippen molar-refractivity contribution in [1.82, 2.24) is 19.9 Å². The Morgan fingerprint density at radius 2 is 1.09 bits per heavy atom. The summed E-state index contributed by atoms with van der Waals surface area (Å²) in [7, 11) is 0. The number of anilines is 2. The number of nitrogens with zero attached hydrogens (tertiary/aromatic N) is 4. The highest BCUT2D eigenvalue weighted by molar-refractivity contribution is 6.64. The highest BCUT2D eigenvalue weighted by atomic mass is 35.5. The number of nitrogen functional groups attached to an aromatic ring is 1. The molecule has 8 rings (SSSR count). The first-order chi connectivity index (χ1) is 26.6. The molecule has 2 saturated carbocycles. The second-order valence-electron chi connectivity index (χ2n) is 12.4. The smallest absolute Gasteiger partial charge is 0.395 e. The normalized spacial score (nSPS) is 17.1. The van der Waals surface area contributed by atoms with Crippen molar-refractivity contribution in [3.63, 3.8) is 0 Å². The Morgan fingerprint density at radius 3 is 1.46 bits per heavy atom. The minimum Gasteiger partial charge on any atom is -0.395 e. The molecule has 1 amide bonds. The number of halogens is 9. The van der Waals surface area contributed by atoms with Crippen molar-refractivity contribution in [3.8, 4) is 45.5 Å². The molecule has 2 aromatic carbocycles. The highest BCUT2D eigenvalue weighted by Crippen LogP contribution is 2.47. The van der Waals surface area contributed by atoms with Gasteiger partial charge in [0.25, 0.3) is 0 Å². The van der Waals surface area contributed by atoms with E-state index in [1.54, 1.807) is 0 Å². The van der Waals surface area contributed by atoms with Gasteiger partial charge in [-0.15, -0.1) is 40.8 Å². The SMILES string of the molecule is ClCCl.Nc1cnc(-c2cc3c(cc2Cl)OC(F)(F)O3)cn1.O=C(Cl)C1CCCC1.O=C(Nc1cnc(-c2cc3c(cc2Cl)OC(F)(F)O3)cn1)C1CCCC1. The van der Waals surface area contributed by atoms with Crippen LogP contribution < -0.4 is 30.0 Å². The average Bonchev–Trinajstić information content (AvgIpc) is 3.96. The first kappa shape index (κ1) is 43.0. The van der Waals surface area contributed by atoms with Crippen molar-refractivity contribution in [1.29, 1.82) is 0 Å². The molecule has 2 aromatic heterocycles. The quantitative estimate of drug-likeness (QED) is 0.112. The van der Waals surface area contributed by atoms with Gasteiger partial charge in [0, 0.05) is 35.1 Å². The Balaban J connectivity index is 0.000000174. The predicted molar refractivity (Wildman–Crippen MR) is 202 cm³/mol. The molecule has 4 heterocycles. The lowest BCUT2D eigenvalue weighted by atomic mass is 10.1. The number of alkyl halides is 6. The summed E-state index contributed by atoms with van der Waals surface area (Å²) in [6, 6.07) is 5.12. The van der Waals surface area contributed by atoms with Gasteiger partial charge in [-0.3, -0.25) is 19.6 Å². The maximum absolute atomic E-state index is 13.1. The van der Waals surface area contributed by atoms with Crippen LogP contribution in [-0.2, 0) is 9.59 Å². The molecular formula is C35H31Cl5F4N6O6. The summed E-state index contributed by atoms with van der Waals surface area (Å²) in [6.45, 7) is 0. The van der Waals surface area contributed by atoms with Crippen LogP contribution >= 0.6 is 58.0 Å². The Labute approximate surface area is 342 Å². The molecule has 0 bridgehead atoms. The van der Waals surface area contributed by atoms with E-state index in [9.17, 15) is 27.2 Å². The molecule has 2 fully saturated rings. The molecule has 56 heavy (non-hydrogen) atoms. The number of carbonyl (C=O) groups is 2. The van der Waals surface area contributed by atoms with E-state index in [4.69, 9.17) is 63.7 Å². The van der Waals surface area contributed by atoms with Gasteiger partial charge in [-0.25, -0.2) is 9.97 Å². The maximum atomic E-state index is 13.1. The number of amides is 1. The molecule has 21 heteroatoms. The highest BCUT2D eigenvalue weighted by Gasteiger charge is 2.45. The van der Waals surface area contributed by atoms with Gasteiger partial charge in [-0.2, -0.15) is 0 Å². The average molecular weight is 885 g/mol. The van der Waals surface area contributed by atoms with Gasteiger partial charge < -0.3 is 30.0 Å². The Hall–Kier alpha value is -4.09. The zero-order valence-electron chi connectivity index (χ0n) is 28.9. The fourth-order valence-corrected chi connectivity index (χ4v) is 6.63. The van der Waals surface area contributed by atoms with Crippen LogP contribution in [0.25, 0.3) is 22.5 Å². The number of benzene rings is 2. The summed E-state index contributed by atoms with van der Waals surface area (Å²) in [5, 5.41) is 3.16. The molecule has 3 N–H and O–H groups in total. The van der Waals surface area contributed by atoms with Crippen molar-refractivity contribution in [2.75, 3.05) is 16.4 Å². The van der Waals surface area contributed by atoms with Gasteiger partial charge in [0.2, 0.25) is 11.1 Å². The monoisotopic (exact) mass is 882 g/mol. The Bertz CT molecular complexity index is 2010. The van der Waals surface area contributed by atoms with Gasteiger partial charge in [-0.05, 0) is 49.4 Å². The van der Waals surface area contributed by atoms with E-state index in [0.29, 0.717) is 28.3 Å². The van der Waals surface area contributed by atoms with Gasteiger partial charge >= 0.3 is 12.6 Å². The lowest BCUT2D eigenvalue weighted by Crippen LogP contribution is -2.25. The van der Waals surface area contributed by atoms with E-state index in [0.717, 1.165) is 38.5 Å². The van der Waals surface area contributed by atoms with Crippen molar-refractivity contribution in [3.05, 3.63) is 59.1 Å². The number of rotatable bonds is 5. The largest absolute Gasteiger partial charge is 0.586 e. The van der Waals surface area contributed by atoms with Crippen LogP contribution in [0.15, 0.2) is 49.1 Å². The minimum atomic E-state index is -3.72. The Kier molecular flexibility index (Phi) is 14.5. The molecular weight excluding hydrogens is 854 g/mol. The molecule has 0 radical (unpaired) electrons. The van der Waals surface area contributed by atoms with Crippen LogP contribution in [0.1, 0.15) is 51.4 Å². The predicted octanol–water partition coefficient (Wildman–Crippen LogP) is 10.3. The van der Waals surface area contributed by atoms with Crippen LogP contribution in [0.2, 0.25) is 10.0 Å². The lowest BCUT2D eigenvalue weighted by molar-refractivity contribution is -0.287. The topological polar surface area (TPSA) is 161 Å². The number of hydrogen-bond acceptors (Lipinski definition) is 11. The number of ether oxygens (including phenoxy) is 4. The fraction of sp³-hybridized carbons (Fsp3) is 0.371. The molecule has 2 aliphatic carbocycles. The standard InChI is InChI=1S/C17H14ClF2N3O3.C11H6ClF2N3O2.C6H9ClO.CH2Cl2/c18-11-6-14-13(25-17(19,20)26-14)5-10(11)12-7-22-15(8-21-12)23-16(24)9-3-1-2-4-9;12-6-2-9-8(18-11(13,14)19-9)1-5(6)7-3-17-10(15)4-16-7;7-6(8)5-3-1-2-4-5;2-1-3/h5-9H,1-4H2,(H,22,23,24);1-4H,(H2,15,17);5H,1-4H2;1H2. The van der Waals surface area contributed by atoms with E-state index in [2.05, 4.69) is 44.2 Å². The van der Waals surface area contributed by atoms with Gasteiger partial charge in [0.05, 0.1) is 51.6 Å². The summed E-state index contributed by atoms with van der Waals surface area (Å²) >= 11 is 26.9. The molecule has 4 aromatic rings. The number of fused-ring (bicyclic) bond motifs is 2. The third-order valence-corrected chi connectivity index (χ3v) is 9.44. The van der Waals surface area contributed by atoms with Crippen LogP contribution in [0.3, 0.4) is 0 Å². The van der Waals surface area contributed by atoms with E-state index in [-0.39, 0.29) is 67.2 Å². The van der Waals surface area contributed by atoms with Gasteiger partial charge in [-0.1, -0.05) is 48.9 Å². The molecule has 0 spiro atoms. The molecule has 12 nitrogen and oxygen atoms in total. The number of carbonyl (C=O) groups excluding carboxylic acids is 2. The zero-order valence-corrected chi connectivity index (χ0v) is 32.6. The molecule has 0 unspecified atom stereocenters. The zero-order chi connectivity index (χ0) is 40.6. The van der Waals surface area contributed by atoms with Crippen molar-refractivity contribution < 1.29 is 46.1 Å². The second-order valence-corrected chi connectivity index (χ2v) is 14.4. The second kappa shape index (κ2) is 18.9. The summed E-state index contributed by atoms with van der Waals surface area (Å²) in [4.78, 5) is 38.8. The van der Waals surface area contributed by atoms with Gasteiger partial charge in [0.15, 0.2) is 28.8 Å². The van der Waals surface area contributed by atoms with E-state index < -0.39 is 12.6 Å². The van der Waals surface area contributed by atoms with Crippen molar-refractivity contribution >= 4 is 80.8 Å². The minimum absolute atomic E-state index is 0.0152. The van der Waals surface area contributed by atoms with E-state index in [1.807, 2.05) is 0 Å². The summed E-state index contributed by atoms with van der Waals surface area (Å²) < 4.78 is 69.6. The first-order valence-corrected chi connectivity index (χ1v) is 19.0. The number of nitrogens with two attached hydrogens (primary N) is 1. The first-order valence-electron chi connectivity index (χ1n) is 16.8. The number of hydrogen-bond donors (Lipinski definition) is 2. The summed E-state index contributed by atoms with van der Waals surface area (Å²) in [6.07, 6.45) is 6.42. The van der Waals surface area contributed by atoms with Crippen LogP contribution in [-0.4, -0.2) is 49.0 Å². The maximum Gasteiger partial charge on any atom is 0.586 e. The third-order valence-electron chi connectivity index (χ3n) is 8.51. The van der Waals surface area contributed by atoms with Crippen LogP contribution in [0, 0.1) is 11.8 Å². The fourth-order valence-electron chi connectivity index (χ4n) is 5.91. The summed E-state index contributed by atoms with van der Waals surface area (Å²) in [5.74, 6) is 0.212. The molecule has 0 saturated heterocycles. The van der Waals surface area contributed by atoms with E-state index >= 15 is 0 Å². The molecule has 2 aliphatic heterocycles. The van der Waals surface area contributed by atoms with Crippen LogP contribution in [0.4, 0.5) is 29.2 Å². The number of nitrogens with one attached hydrogen (secondary N) is 1. The van der Waals surface area contributed by atoms with Crippen molar-refractivity contribution in [2.24, 2.45) is 11.8 Å². The van der Waals surface area contributed by atoms with Crippen molar-refractivity contribution in [2.45, 2.75) is 64.0 Å². The number of aromatic nitrogens is 4. The molecule has 300 valence electrons. The van der Waals surface area contributed by atoms with E-state index in [1.165, 1.54) is 61.9 Å². The molecule has 4 aliphatic rings. The third kappa shape index (κ3) is 11.5. The van der Waals surface area contributed by atoms with Crippen LogP contribution in [0.5, 0.6) is 23.0 Å².